The van der Waals surface area contributed by atoms with E-state index >= 15 is 0 Å². The standard InChI is InChI=1S/C18H21N3O/c1-19(2)13-8-14-20-18(22)16-11-6-7-12-17(16)21(20)15-9-4-3-5-10-15/h3-7,9-12H,8,13-14H2,1-2H3/p+1. The summed E-state index contributed by atoms with van der Waals surface area (Å²) in [4.78, 5) is 14.1. The molecule has 0 saturated heterocycles. The lowest BCUT2D eigenvalue weighted by Gasteiger charge is -2.13. The smallest absolute Gasteiger partial charge is 0.274 e. The quantitative estimate of drug-likeness (QED) is 0.757. The fraction of sp³-hybridized carbons (Fsp3) is 0.278. The highest BCUT2D eigenvalue weighted by Gasteiger charge is 2.13. The lowest BCUT2D eigenvalue weighted by atomic mass is 10.2. The minimum Gasteiger partial charge on any atom is -0.340 e. The van der Waals surface area contributed by atoms with E-state index in [4.69, 9.17) is 0 Å². The fourth-order valence-corrected chi connectivity index (χ4v) is 2.83. The summed E-state index contributed by atoms with van der Waals surface area (Å²) in [6.07, 6.45) is 0.978. The van der Waals surface area contributed by atoms with E-state index in [0.29, 0.717) is 0 Å². The van der Waals surface area contributed by atoms with Crippen LogP contribution < -0.4 is 10.5 Å². The molecule has 0 radical (unpaired) electrons. The van der Waals surface area contributed by atoms with Gasteiger partial charge >= 0.3 is 0 Å². The number of nitrogens with zero attached hydrogens (tertiary/aromatic N) is 2. The van der Waals surface area contributed by atoms with Crippen molar-refractivity contribution in [2.75, 3.05) is 20.6 Å². The Balaban J connectivity index is 2.13. The number of aromatic nitrogens is 2. The molecular formula is C18H22N3O+. The molecule has 0 aliphatic carbocycles. The maximum Gasteiger partial charge on any atom is 0.274 e. The van der Waals surface area contributed by atoms with Gasteiger partial charge in [-0.05, 0) is 24.3 Å². The van der Waals surface area contributed by atoms with Gasteiger partial charge in [-0.25, -0.2) is 4.68 Å². The molecular weight excluding hydrogens is 274 g/mol. The van der Waals surface area contributed by atoms with Gasteiger partial charge in [0.25, 0.3) is 5.56 Å². The van der Waals surface area contributed by atoms with Crippen molar-refractivity contribution in [1.29, 1.82) is 0 Å². The maximum atomic E-state index is 12.7. The summed E-state index contributed by atoms with van der Waals surface area (Å²) in [6.45, 7) is 1.77. The molecule has 1 N–H and O–H groups in total. The highest BCUT2D eigenvalue weighted by molar-refractivity contribution is 5.80. The number of hydrogen-bond acceptors (Lipinski definition) is 1. The number of benzene rings is 2. The van der Waals surface area contributed by atoms with E-state index in [1.165, 1.54) is 4.90 Å². The third-order valence-corrected chi connectivity index (χ3v) is 3.89. The predicted molar refractivity (Wildman–Crippen MR) is 89.8 cm³/mol. The van der Waals surface area contributed by atoms with Crippen LogP contribution in [0.5, 0.6) is 0 Å². The number of nitrogens with one attached hydrogen (secondary N) is 1. The summed E-state index contributed by atoms with van der Waals surface area (Å²) in [6, 6.07) is 17.9. The van der Waals surface area contributed by atoms with Crippen molar-refractivity contribution in [3.63, 3.8) is 0 Å². The average molecular weight is 296 g/mol. The van der Waals surface area contributed by atoms with E-state index in [9.17, 15) is 4.79 Å². The summed E-state index contributed by atoms with van der Waals surface area (Å²) in [5.74, 6) is 0. The van der Waals surface area contributed by atoms with Crippen LogP contribution in [0.4, 0.5) is 0 Å². The molecule has 3 rings (SSSR count). The fourth-order valence-electron chi connectivity index (χ4n) is 2.83. The molecule has 0 bridgehead atoms. The summed E-state index contributed by atoms with van der Waals surface area (Å²) >= 11 is 0. The summed E-state index contributed by atoms with van der Waals surface area (Å²) in [5.41, 5.74) is 2.09. The monoisotopic (exact) mass is 296 g/mol. The molecule has 0 spiro atoms. The Hall–Kier alpha value is -2.33. The van der Waals surface area contributed by atoms with Crippen LogP contribution >= 0.6 is 0 Å². The van der Waals surface area contributed by atoms with E-state index < -0.39 is 0 Å². The second-order valence-electron chi connectivity index (χ2n) is 5.90. The number of rotatable bonds is 5. The van der Waals surface area contributed by atoms with Gasteiger partial charge in [0, 0.05) is 13.0 Å². The van der Waals surface area contributed by atoms with Crippen LogP contribution in [0.2, 0.25) is 0 Å². The van der Waals surface area contributed by atoms with Crippen molar-refractivity contribution in [2.45, 2.75) is 13.0 Å². The first kappa shape index (κ1) is 14.6. The average Bonchev–Trinajstić information content (AvgIpc) is 2.81. The van der Waals surface area contributed by atoms with Crippen LogP contribution in [0, 0.1) is 0 Å². The van der Waals surface area contributed by atoms with Gasteiger partial charge in [-0.2, -0.15) is 0 Å². The molecule has 4 heteroatoms. The normalized spacial score (nSPS) is 11.4. The van der Waals surface area contributed by atoms with Gasteiger partial charge in [-0.3, -0.25) is 9.48 Å². The molecule has 0 amide bonds. The van der Waals surface area contributed by atoms with Crippen LogP contribution in [0.15, 0.2) is 59.4 Å². The Morgan fingerprint density at radius 1 is 0.955 bits per heavy atom. The molecule has 0 aliphatic heterocycles. The lowest BCUT2D eigenvalue weighted by molar-refractivity contribution is -0.858. The van der Waals surface area contributed by atoms with Gasteiger partial charge in [0.2, 0.25) is 0 Å². The van der Waals surface area contributed by atoms with Crippen molar-refractivity contribution in [2.24, 2.45) is 0 Å². The van der Waals surface area contributed by atoms with Gasteiger partial charge in [-0.15, -0.1) is 0 Å². The second kappa shape index (κ2) is 6.20. The van der Waals surface area contributed by atoms with Crippen LogP contribution in [0.25, 0.3) is 16.6 Å². The maximum absolute atomic E-state index is 12.7. The molecule has 3 aromatic rings. The first-order valence-corrected chi connectivity index (χ1v) is 7.73. The summed E-state index contributed by atoms with van der Waals surface area (Å²) in [5, 5.41) is 0.781. The molecule has 0 unspecified atom stereocenters. The molecule has 0 atom stereocenters. The SMILES string of the molecule is C[NH+](C)CCCn1c(=O)c2ccccc2n1-c1ccccc1. The summed E-state index contributed by atoms with van der Waals surface area (Å²) < 4.78 is 3.91. The van der Waals surface area contributed by atoms with Gasteiger partial charge in [0.05, 0.1) is 37.2 Å². The molecule has 4 nitrogen and oxygen atoms in total. The molecule has 1 heterocycles. The first-order valence-electron chi connectivity index (χ1n) is 7.73. The highest BCUT2D eigenvalue weighted by Crippen LogP contribution is 2.17. The highest BCUT2D eigenvalue weighted by atomic mass is 16.1. The van der Waals surface area contributed by atoms with E-state index in [2.05, 4.69) is 14.1 Å². The van der Waals surface area contributed by atoms with Crippen molar-refractivity contribution < 1.29 is 4.90 Å². The Kier molecular flexibility index (Phi) is 4.11. The van der Waals surface area contributed by atoms with Crippen LogP contribution in [0.3, 0.4) is 0 Å². The zero-order valence-electron chi connectivity index (χ0n) is 13.1. The van der Waals surface area contributed by atoms with Crippen molar-refractivity contribution in [1.82, 2.24) is 9.36 Å². The third-order valence-electron chi connectivity index (χ3n) is 3.89. The Morgan fingerprint density at radius 2 is 1.64 bits per heavy atom. The van der Waals surface area contributed by atoms with Crippen LogP contribution in [0.1, 0.15) is 6.42 Å². The van der Waals surface area contributed by atoms with Crippen molar-refractivity contribution in [3.8, 4) is 5.69 Å². The molecule has 2 aromatic carbocycles. The molecule has 22 heavy (non-hydrogen) atoms. The topological polar surface area (TPSA) is 31.4 Å². The zero-order valence-corrected chi connectivity index (χ0v) is 13.1. The molecule has 0 saturated carbocycles. The number of fused-ring (bicyclic) bond motifs is 1. The first-order chi connectivity index (χ1) is 10.7. The van der Waals surface area contributed by atoms with Gasteiger partial charge in [0.15, 0.2) is 0 Å². The Morgan fingerprint density at radius 3 is 2.36 bits per heavy atom. The second-order valence-corrected chi connectivity index (χ2v) is 5.90. The Labute approximate surface area is 130 Å². The predicted octanol–water partition coefficient (Wildman–Crippen LogP) is 1.33. The molecule has 114 valence electrons. The van der Waals surface area contributed by atoms with E-state index in [1.807, 2.05) is 64.0 Å². The van der Waals surface area contributed by atoms with Crippen LogP contribution in [-0.4, -0.2) is 30.0 Å². The van der Waals surface area contributed by atoms with E-state index in [0.717, 1.165) is 36.1 Å². The van der Waals surface area contributed by atoms with E-state index in [1.54, 1.807) is 0 Å². The van der Waals surface area contributed by atoms with Crippen LogP contribution in [-0.2, 0) is 6.54 Å². The molecule has 1 aromatic heterocycles. The summed E-state index contributed by atoms with van der Waals surface area (Å²) in [7, 11) is 4.27. The number of para-hydroxylation sites is 2. The number of hydrogen-bond donors (Lipinski definition) is 1. The van der Waals surface area contributed by atoms with Gasteiger partial charge in [-0.1, -0.05) is 30.3 Å². The van der Waals surface area contributed by atoms with Gasteiger partial charge < -0.3 is 4.90 Å². The largest absolute Gasteiger partial charge is 0.340 e. The van der Waals surface area contributed by atoms with Crippen molar-refractivity contribution >= 4 is 10.9 Å². The molecule has 0 fully saturated rings. The molecule has 0 aliphatic rings. The van der Waals surface area contributed by atoms with E-state index in [-0.39, 0.29) is 5.56 Å². The van der Waals surface area contributed by atoms with Gasteiger partial charge in [0.1, 0.15) is 0 Å². The third kappa shape index (κ3) is 2.70. The zero-order chi connectivity index (χ0) is 15.5. The number of quaternary nitrogens is 1. The van der Waals surface area contributed by atoms with Crippen molar-refractivity contribution in [3.05, 3.63) is 65.0 Å². The minimum absolute atomic E-state index is 0.0909. The Bertz CT molecular complexity index is 815. The minimum atomic E-state index is 0.0909. The lowest BCUT2D eigenvalue weighted by Crippen LogP contribution is -3.05.